The molecule has 0 bridgehead atoms. The monoisotopic (exact) mass is 260 g/mol. The first-order valence-corrected chi connectivity index (χ1v) is 7.11. The number of nitrogens with zero attached hydrogens (tertiary/aromatic N) is 1. The Balaban J connectivity index is 2.17. The van der Waals surface area contributed by atoms with Gasteiger partial charge < -0.3 is 10.3 Å². The van der Waals surface area contributed by atoms with E-state index in [0.717, 1.165) is 41.4 Å². The second-order valence-corrected chi connectivity index (χ2v) is 6.07. The Morgan fingerprint density at radius 1 is 1.37 bits per heavy atom. The molecule has 19 heavy (non-hydrogen) atoms. The number of halogens is 1. The van der Waals surface area contributed by atoms with Gasteiger partial charge in [-0.25, -0.2) is 4.39 Å². The Bertz CT molecular complexity index is 609. The molecule has 0 unspecified atom stereocenters. The van der Waals surface area contributed by atoms with Gasteiger partial charge >= 0.3 is 0 Å². The summed E-state index contributed by atoms with van der Waals surface area (Å²) in [6.07, 6.45) is 4.33. The lowest BCUT2D eigenvalue weighted by Gasteiger charge is -2.09. The lowest BCUT2D eigenvalue weighted by Crippen LogP contribution is -2.03. The van der Waals surface area contributed by atoms with Crippen LogP contribution < -0.4 is 5.73 Å². The highest BCUT2D eigenvalue weighted by Gasteiger charge is 2.27. The summed E-state index contributed by atoms with van der Waals surface area (Å²) in [5.74, 6) is 0.941. The van der Waals surface area contributed by atoms with Crippen molar-refractivity contribution in [2.24, 2.45) is 11.7 Å². The van der Waals surface area contributed by atoms with Crippen molar-refractivity contribution in [3.63, 3.8) is 0 Å². The molecule has 3 heteroatoms. The van der Waals surface area contributed by atoms with E-state index in [1.807, 2.05) is 6.07 Å². The van der Waals surface area contributed by atoms with Crippen molar-refractivity contribution in [1.29, 1.82) is 0 Å². The Morgan fingerprint density at radius 3 is 2.68 bits per heavy atom. The SMILES string of the molecule is CC(C)Cn1cc(CN)c2cc(F)c(C3CC3)cc21. The van der Waals surface area contributed by atoms with Gasteiger partial charge in [0.25, 0.3) is 0 Å². The summed E-state index contributed by atoms with van der Waals surface area (Å²) >= 11 is 0. The number of fused-ring (bicyclic) bond motifs is 1. The largest absolute Gasteiger partial charge is 0.347 e. The summed E-state index contributed by atoms with van der Waals surface area (Å²) in [4.78, 5) is 0. The van der Waals surface area contributed by atoms with Crippen LogP contribution in [0.4, 0.5) is 4.39 Å². The molecule has 1 aromatic carbocycles. The van der Waals surface area contributed by atoms with Crippen LogP contribution in [0.1, 0.15) is 43.7 Å². The lowest BCUT2D eigenvalue weighted by atomic mass is 10.1. The predicted octanol–water partition coefficient (Wildman–Crippen LogP) is 3.77. The van der Waals surface area contributed by atoms with Crippen LogP contribution in [0.2, 0.25) is 0 Å². The maximum Gasteiger partial charge on any atom is 0.127 e. The van der Waals surface area contributed by atoms with E-state index in [9.17, 15) is 4.39 Å². The molecule has 0 atom stereocenters. The number of rotatable bonds is 4. The van der Waals surface area contributed by atoms with E-state index in [4.69, 9.17) is 5.73 Å². The lowest BCUT2D eigenvalue weighted by molar-refractivity contribution is 0.534. The molecule has 0 amide bonds. The van der Waals surface area contributed by atoms with Crippen LogP contribution >= 0.6 is 0 Å². The van der Waals surface area contributed by atoms with Gasteiger partial charge in [-0.1, -0.05) is 13.8 Å². The molecular weight excluding hydrogens is 239 g/mol. The molecule has 2 aromatic rings. The molecule has 3 rings (SSSR count). The number of nitrogens with two attached hydrogens (primary N) is 1. The summed E-state index contributed by atoms with van der Waals surface area (Å²) in [6.45, 7) is 5.80. The first kappa shape index (κ1) is 12.7. The average Bonchev–Trinajstić information content (AvgIpc) is 3.13. The molecule has 1 aliphatic rings. The summed E-state index contributed by atoms with van der Waals surface area (Å²) in [5, 5.41) is 0.977. The van der Waals surface area contributed by atoms with E-state index in [-0.39, 0.29) is 5.82 Å². The number of hydrogen-bond donors (Lipinski definition) is 1. The Kier molecular flexibility index (Phi) is 3.09. The third kappa shape index (κ3) is 2.27. The second-order valence-electron chi connectivity index (χ2n) is 6.07. The Labute approximate surface area is 113 Å². The van der Waals surface area contributed by atoms with Gasteiger partial charge in [-0.3, -0.25) is 0 Å². The van der Waals surface area contributed by atoms with Crippen molar-refractivity contribution < 1.29 is 4.39 Å². The maximum atomic E-state index is 14.1. The molecule has 1 heterocycles. The first-order valence-electron chi connectivity index (χ1n) is 7.11. The van der Waals surface area contributed by atoms with Crippen molar-refractivity contribution in [3.05, 3.63) is 35.3 Å². The van der Waals surface area contributed by atoms with Gasteiger partial charge in [0.2, 0.25) is 0 Å². The van der Waals surface area contributed by atoms with Crippen LogP contribution in [0.25, 0.3) is 10.9 Å². The van der Waals surface area contributed by atoms with Gasteiger partial charge in [0.05, 0.1) is 0 Å². The third-order valence-electron chi connectivity index (χ3n) is 3.88. The van der Waals surface area contributed by atoms with Gasteiger partial charge in [-0.15, -0.1) is 0 Å². The summed E-state index contributed by atoms with van der Waals surface area (Å²) in [7, 11) is 0. The molecule has 1 saturated carbocycles. The summed E-state index contributed by atoms with van der Waals surface area (Å²) in [6, 6.07) is 3.73. The van der Waals surface area contributed by atoms with Gasteiger partial charge in [0, 0.05) is 30.2 Å². The minimum atomic E-state index is -0.0630. The molecule has 2 N–H and O–H groups in total. The summed E-state index contributed by atoms with van der Waals surface area (Å²) in [5.41, 5.74) is 8.85. The van der Waals surface area contributed by atoms with Gasteiger partial charge in [0.1, 0.15) is 5.82 Å². The highest BCUT2D eigenvalue weighted by Crippen LogP contribution is 2.42. The van der Waals surface area contributed by atoms with Crippen LogP contribution in [0, 0.1) is 11.7 Å². The van der Waals surface area contributed by atoms with Crippen LogP contribution in [0.15, 0.2) is 18.3 Å². The van der Waals surface area contributed by atoms with E-state index < -0.39 is 0 Å². The smallest absolute Gasteiger partial charge is 0.127 e. The number of aromatic nitrogens is 1. The van der Waals surface area contributed by atoms with Crippen LogP contribution in [-0.2, 0) is 13.1 Å². The average molecular weight is 260 g/mol. The number of benzene rings is 1. The molecular formula is C16H21FN2. The van der Waals surface area contributed by atoms with Crippen molar-refractivity contribution in [2.45, 2.75) is 45.7 Å². The molecule has 0 radical (unpaired) electrons. The van der Waals surface area contributed by atoms with Crippen molar-refractivity contribution in [3.8, 4) is 0 Å². The van der Waals surface area contributed by atoms with Crippen LogP contribution in [0.5, 0.6) is 0 Å². The Hall–Kier alpha value is -1.35. The minimum absolute atomic E-state index is 0.0630. The van der Waals surface area contributed by atoms with E-state index in [0.29, 0.717) is 18.4 Å². The minimum Gasteiger partial charge on any atom is -0.347 e. The van der Waals surface area contributed by atoms with E-state index in [2.05, 4.69) is 24.6 Å². The highest BCUT2D eigenvalue weighted by atomic mass is 19.1. The van der Waals surface area contributed by atoms with Crippen molar-refractivity contribution in [1.82, 2.24) is 4.57 Å². The van der Waals surface area contributed by atoms with Gasteiger partial charge in [-0.05, 0) is 47.9 Å². The molecule has 2 nitrogen and oxygen atoms in total. The predicted molar refractivity (Wildman–Crippen MR) is 76.6 cm³/mol. The molecule has 0 spiro atoms. The fourth-order valence-electron chi connectivity index (χ4n) is 2.81. The summed E-state index contributed by atoms with van der Waals surface area (Å²) < 4.78 is 16.4. The zero-order valence-electron chi connectivity index (χ0n) is 11.6. The Morgan fingerprint density at radius 2 is 2.11 bits per heavy atom. The molecule has 0 saturated heterocycles. The second kappa shape index (κ2) is 4.64. The highest BCUT2D eigenvalue weighted by molar-refractivity contribution is 5.85. The molecule has 1 aliphatic carbocycles. The van der Waals surface area contributed by atoms with Gasteiger partial charge in [0.15, 0.2) is 0 Å². The van der Waals surface area contributed by atoms with E-state index in [1.165, 1.54) is 0 Å². The molecule has 1 fully saturated rings. The zero-order chi connectivity index (χ0) is 13.6. The zero-order valence-corrected chi connectivity index (χ0v) is 11.6. The van der Waals surface area contributed by atoms with Crippen molar-refractivity contribution in [2.75, 3.05) is 0 Å². The van der Waals surface area contributed by atoms with Gasteiger partial charge in [-0.2, -0.15) is 0 Å². The number of hydrogen-bond acceptors (Lipinski definition) is 1. The van der Waals surface area contributed by atoms with Crippen molar-refractivity contribution >= 4 is 10.9 Å². The third-order valence-corrected chi connectivity index (χ3v) is 3.88. The first-order chi connectivity index (χ1) is 9.10. The fourth-order valence-corrected chi connectivity index (χ4v) is 2.81. The van der Waals surface area contributed by atoms with Crippen LogP contribution in [-0.4, -0.2) is 4.57 Å². The molecule has 1 aromatic heterocycles. The van der Waals surface area contributed by atoms with E-state index >= 15 is 0 Å². The van der Waals surface area contributed by atoms with Crippen LogP contribution in [0.3, 0.4) is 0 Å². The quantitative estimate of drug-likeness (QED) is 0.891. The normalized spacial score (nSPS) is 15.6. The molecule has 102 valence electrons. The maximum absolute atomic E-state index is 14.1. The standard InChI is InChI=1S/C16H21FN2/c1-10(2)8-19-9-12(7-18)14-5-15(17)13(6-16(14)19)11-3-4-11/h5-6,9-11H,3-4,7-8,18H2,1-2H3. The fraction of sp³-hybridized carbons (Fsp3) is 0.500. The molecule has 0 aliphatic heterocycles. The van der Waals surface area contributed by atoms with E-state index in [1.54, 1.807) is 6.07 Å². The topological polar surface area (TPSA) is 30.9 Å².